The maximum absolute atomic E-state index is 13.4. The van der Waals surface area contributed by atoms with Gasteiger partial charge in [0.15, 0.2) is 0 Å². The molecule has 7 nitrogen and oxygen atoms in total. The molecule has 0 saturated heterocycles. The van der Waals surface area contributed by atoms with Crippen molar-refractivity contribution in [3.05, 3.63) is 65.7 Å². The summed E-state index contributed by atoms with van der Waals surface area (Å²) in [6.07, 6.45) is 1.64. The summed E-state index contributed by atoms with van der Waals surface area (Å²) < 4.78 is 26.5. The number of sulfonamides is 1. The zero-order valence-corrected chi connectivity index (χ0v) is 20.2. The Morgan fingerprint density at radius 2 is 1.56 bits per heavy atom. The molecule has 2 amide bonds. The van der Waals surface area contributed by atoms with Gasteiger partial charge < -0.3 is 10.2 Å². The smallest absolute Gasteiger partial charge is 0.244 e. The number of nitrogens with one attached hydrogen (secondary N) is 1. The number of carbonyl (C=O) groups is 2. The number of hydrogen-bond donors (Lipinski definition) is 1. The van der Waals surface area contributed by atoms with Crippen LogP contribution in [0.5, 0.6) is 0 Å². The number of benzene rings is 2. The fraction of sp³-hybridized carbons (Fsp3) is 0.417. The summed E-state index contributed by atoms with van der Waals surface area (Å²) in [6.45, 7) is 5.51. The van der Waals surface area contributed by atoms with Crippen LogP contribution >= 0.6 is 0 Å². The minimum atomic E-state index is -3.74. The van der Waals surface area contributed by atoms with Crippen molar-refractivity contribution in [1.29, 1.82) is 0 Å². The Morgan fingerprint density at radius 1 is 0.969 bits per heavy atom. The van der Waals surface area contributed by atoms with Crippen LogP contribution in [0.1, 0.15) is 37.8 Å². The number of anilines is 1. The lowest BCUT2D eigenvalue weighted by molar-refractivity contribution is -0.138. The Hall–Kier alpha value is -2.87. The topological polar surface area (TPSA) is 86.8 Å². The molecular formula is C24H33N3O4S. The van der Waals surface area contributed by atoms with Gasteiger partial charge in [-0.3, -0.25) is 13.9 Å². The molecule has 32 heavy (non-hydrogen) atoms. The summed E-state index contributed by atoms with van der Waals surface area (Å²) in [4.78, 5) is 27.2. The molecule has 0 aliphatic rings. The highest BCUT2D eigenvalue weighted by atomic mass is 32.2. The van der Waals surface area contributed by atoms with Crippen LogP contribution in [0.15, 0.2) is 54.6 Å². The largest absolute Gasteiger partial charge is 0.357 e. The zero-order chi connectivity index (χ0) is 23.9. The van der Waals surface area contributed by atoms with Gasteiger partial charge in [-0.05, 0) is 36.5 Å². The Bertz CT molecular complexity index is 1020. The van der Waals surface area contributed by atoms with Crippen molar-refractivity contribution in [2.75, 3.05) is 30.7 Å². The Kier molecular flexibility index (Phi) is 8.83. The molecule has 0 saturated carbocycles. The van der Waals surface area contributed by atoms with Crippen LogP contribution in [0, 0.1) is 0 Å². The summed E-state index contributed by atoms with van der Waals surface area (Å²) in [7, 11) is -2.22. The second-order valence-corrected chi connectivity index (χ2v) is 10.0. The predicted molar refractivity (Wildman–Crippen MR) is 128 cm³/mol. The van der Waals surface area contributed by atoms with Crippen LogP contribution < -0.4 is 9.62 Å². The highest BCUT2D eigenvalue weighted by molar-refractivity contribution is 7.92. The van der Waals surface area contributed by atoms with Gasteiger partial charge in [0.1, 0.15) is 12.6 Å². The molecule has 0 aromatic heterocycles. The monoisotopic (exact) mass is 459 g/mol. The first-order valence-corrected chi connectivity index (χ1v) is 12.5. The van der Waals surface area contributed by atoms with E-state index in [1.54, 1.807) is 19.1 Å². The van der Waals surface area contributed by atoms with Crippen molar-refractivity contribution in [2.45, 2.75) is 39.2 Å². The Balaban J connectivity index is 2.36. The number of carbonyl (C=O) groups excluding carboxylic acids is 2. The average Bonchev–Trinajstić information content (AvgIpc) is 2.76. The first-order valence-electron chi connectivity index (χ1n) is 10.7. The van der Waals surface area contributed by atoms with E-state index < -0.39 is 22.0 Å². The Labute approximate surface area is 191 Å². The minimum absolute atomic E-state index is 0.0736. The van der Waals surface area contributed by atoms with Crippen molar-refractivity contribution in [2.24, 2.45) is 0 Å². The van der Waals surface area contributed by atoms with Crippen LogP contribution in [0.2, 0.25) is 0 Å². The fourth-order valence-electron chi connectivity index (χ4n) is 3.58. The van der Waals surface area contributed by atoms with E-state index in [0.717, 1.165) is 21.7 Å². The van der Waals surface area contributed by atoms with E-state index in [-0.39, 0.29) is 18.4 Å². The highest BCUT2D eigenvalue weighted by Gasteiger charge is 2.30. The number of likely N-dealkylation sites (N-methyl/N-ethyl adjacent to an activating group) is 1. The first-order chi connectivity index (χ1) is 15.1. The van der Waals surface area contributed by atoms with Gasteiger partial charge >= 0.3 is 0 Å². The molecular weight excluding hydrogens is 426 g/mol. The third kappa shape index (κ3) is 6.56. The molecule has 0 heterocycles. The highest BCUT2D eigenvalue weighted by Crippen LogP contribution is 2.29. The molecule has 2 aromatic rings. The second kappa shape index (κ2) is 11.1. The van der Waals surface area contributed by atoms with Crippen LogP contribution in [0.4, 0.5) is 5.69 Å². The number of hydrogen-bond acceptors (Lipinski definition) is 4. The summed E-state index contributed by atoms with van der Waals surface area (Å²) >= 11 is 0. The number of amides is 2. The lowest BCUT2D eigenvalue weighted by Gasteiger charge is -2.32. The third-order valence-electron chi connectivity index (χ3n) is 5.40. The van der Waals surface area contributed by atoms with Crippen molar-refractivity contribution >= 4 is 27.5 Å². The molecule has 8 heteroatoms. The normalized spacial score (nSPS) is 12.3. The van der Waals surface area contributed by atoms with Crippen molar-refractivity contribution in [1.82, 2.24) is 10.2 Å². The lowest BCUT2D eigenvalue weighted by Crippen LogP contribution is -2.51. The van der Waals surface area contributed by atoms with E-state index in [4.69, 9.17) is 0 Å². The summed E-state index contributed by atoms with van der Waals surface area (Å²) in [5.41, 5.74) is 2.34. The summed E-state index contributed by atoms with van der Waals surface area (Å²) in [5.74, 6) is -0.662. The number of nitrogens with zero attached hydrogens (tertiary/aromatic N) is 2. The Morgan fingerprint density at radius 3 is 2.12 bits per heavy atom. The summed E-state index contributed by atoms with van der Waals surface area (Å²) in [5, 5.41) is 2.57. The number of para-hydroxylation sites is 1. The molecule has 0 aliphatic carbocycles. The first kappa shape index (κ1) is 25.4. The fourth-order valence-corrected chi connectivity index (χ4v) is 4.45. The van der Waals surface area contributed by atoms with Crippen LogP contribution in [-0.4, -0.2) is 57.6 Å². The van der Waals surface area contributed by atoms with Crippen LogP contribution in [-0.2, 0) is 26.0 Å². The molecule has 0 unspecified atom stereocenters. The van der Waals surface area contributed by atoms with Crippen molar-refractivity contribution < 1.29 is 18.0 Å². The second-order valence-electron chi connectivity index (χ2n) is 8.10. The molecule has 2 rings (SSSR count). The van der Waals surface area contributed by atoms with Gasteiger partial charge in [-0.15, -0.1) is 0 Å². The molecule has 0 aliphatic heterocycles. The maximum Gasteiger partial charge on any atom is 0.244 e. The van der Waals surface area contributed by atoms with Gasteiger partial charge in [0.25, 0.3) is 0 Å². The van der Waals surface area contributed by atoms with E-state index >= 15 is 0 Å². The van der Waals surface area contributed by atoms with Crippen molar-refractivity contribution in [3.8, 4) is 0 Å². The van der Waals surface area contributed by atoms with E-state index in [1.165, 1.54) is 11.9 Å². The molecule has 1 atom stereocenters. The standard InChI is InChI=1S/C24H33N3O4S/c1-18(2)21-13-9-10-14-22(21)27(32(5,30)31)17-23(28)26(19(3)24(29)25-4)16-15-20-11-7-6-8-12-20/h6-14,18-19H,15-17H2,1-5H3,(H,25,29)/t19-/m1/s1. The van der Waals surface area contributed by atoms with E-state index in [9.17, 15) is 18.0 Å². The minimum Gasteiger partial charge on any atom is -0.357 e. The molecule has 1 N–H and O–H groups in total. The van der Waals surface area contributed by atoms with Gasteiger partial charge in [0, 0.05) is 13.6 Å². The van der Waals surface area contributed by atoms with Crippen LogP contribution in [0.25, 0.3) is 0 Å². The molecule has 2 aromatic carbocycles. The summed E-state index contributed by atoms with van der Waals surface area (Å²) in [6, 6.07) is 16.1. The van der Waals surface area contributed by atoms with E-state index in [0.29, 0.717) is 18.7 Å². The quantitative estimate of drug-likeness (QED) is 0.592. The van der Waals surface area contributed by atoms with Gasteiger partial charge in [0.05, 0.1) is 11.9 Å². The van der Waals surface area contributed by atoms with E-state index in [1.807, 2.05) is 56.3 Å². The predicted octanol–water partition coefficient (Wildman–Crippen LogP) is 2.78. The van der Waals surface area contributed by atoms with E-state index in [2.05, 4.69) is 5.32 Å². The van der Waals surface area contributed by atoms with Gasteiger partial charge in [-0.25, -0.2) is 8.42 Å². The molecule has 0 bridgehead atoms. The number of rotatable bonds is 10. The van der Waals surface area contributed by atoms with Gasteiger partial charge in [-0.1, -0.05) is 62.4 Å². The molecule has 0 fully saturated rings. The van der Waals surface area contributed by atoms with Crippen LogP contribution in [0.3, 0.4) is 0 Å². The lowest BCUT2D eigenvalue weighted by atomic mass is 10.0. The van der Waals surface area contributed by atoms with Gasteiger partial charge in [-0.2, -0.15) is 0 Å². The maximum atomic E-state index is 13.4. The molecule has 0 radical (unpaired) electrons. The van der Waals surface area contributed by atoms with Crippen molar-refractivity contribution in [3.63, 3.8) is 0 Å². The molecule has 174 valence electrons. The zero-order valence-electron chi connectivity index (χ0n) is 19.4. The third-order valence-corrected chi connectivity index (χ3v) is 6.53. The van der Waals surface area contributed by atoms with Gasteiger partial charge in [0.2, 0.25) is 21.8 Å². The molecule has 0 spiro atoms. The average molecular weight is 460 g/mol. The SMILES string of the molecule is CNC(=O)[C@@H](C)N(CCc1ccccc1)C(=O)CN(c1ccccc1C(C)C)S(C)(=O)=O.